The molecule has 0 aliphatic rings. The Morgan fingerprint density at radius 1 is 1.11 bits per heavy atom. The highest BCUT2D eigenvalue weighted by Gasteiger charge is 2.07. The summed E-state index contributed by atoms with van der Waals surface area (Å²) in [5.74, 6) is 0.854. The van der Waals surface area contributed by atoms with Crippen LogP contribution in [0.3, 0.4) is 0 Å². The van der Waals surface area contributed by atoms with Gasteiger partial charge in [-0.3, -0.25) is 5.10 Å². The van der Waals surface area contributed by atoms with E-state index in [1.165, 1.54) is 5.56 Å². The van der Waals surface area contributed by atoms with Gasteiger partial charge in [0.25, 0.3) is 0 Å². The molecule has 4 heteroatoms. The van der Waals surface area contributed by atoms with Crippen molar-refractivity contribution in [1.82, 2.24) is 10.2 Å². The molecule has 1 heterocycles. The zero-order chi connectivity index (χ0) is 12.5. The van der Waals surface area contributed by atoms with E-state index in [0.29, 0.717) is 0 Å². The first kappa shape index (κ1) is 11.3. The van der Waals surface area contributed by atoms with Gasteiger partial charge in [-0.05, 0) is 36.8 Å². The van der Waals surface area contributed by atoms with Gasteiger partial charge in [-0.2, -0.15) is 5.10 Å². The van der Waals surface area contributed by atoms with Crippen LogP contribution in [0.15, 0.2) is 46.9 Å². The zero-order valence-electron chi connectivity index (χ0n) is 9.87. The molecule has 0 bridgehead atoms. The molecule has 3 nitrogen and oxygen atoms in total. The van der Waals surface area contributed by atoms with Gasteiger partial charge in [0.05, 0.1) is 5.52 Å². The van der Waals surface area contributed by atoms with Crippen LogP contribution in [0.2, 0.25) is 0 Å². The Labute approximate surface area is 113 Å². The topological polar surface area (TPSA) is 40.7 Å². The second kappa shape index (κ2) is 4.46. The molecule has 18 heavy (non-hydrogen) atoms. The quantitative estimate of drug-likeness (QED) is 0.737. The molecule has 2 aromatic carbocycles. The Kier molecular flexibility index (Phi) is 2.80. The lowest BCUT2D eigenvalue weighted by Gasteiger charge is -2.08. The van der Waals surface area contributed by atoms with E-state index in [1.807, 2.05) is 36.4 Å². The standard InChI is InChI=1S/C14H12BrN3/c1-9-11(15)6-4-8-12(9)16-14-10-5-2-3-7-13(10)17-18-14/h2-8H,1H3,(H2,16,17,18). The lowest BCUT2D eigenvalue weighted by Crippen LogP contribution is -1.94. The van der Waals surface area contributed by atoms with Crippen molar-refractivity contribution in [3.63, 3.8) is 0 Å². The fourth-order valence-electron chi connectivity index (χ4n) is 1.93. The summed E-state index contributed by atoms with van der Waals surface area (Å²) in [7, 11) is 0. The second-order valence-corrected chi connectivity index (χ2v) is 5.01. The number of anilines is 2. The number of rotatable bonds is 2. The van der Waals surface area contributed by atoms with E-state index in [-0.39, 0.29) is 0 Å². The zero-order valence-corrected chi connectivity index (χ0v) is 11.5. The minimum Gasteiger partial charge on any atom is -0.338 e. The molecule has 0 aliphatic carbocycles. The molecule has 0 aliphatic heterocycles. The number of fused-ring (bicyclic) bond motifs is 1. The molecule has 0 saturated heterocycles. The number of hydrogen-bond donors (Lipinski definition) is 2. The SMILES string of the molecule is Cc1c(Br)cccc1Nc1n[nH]c2ccccc12. The van der Waals surface area contributed by atoms with Gasteiger partial charge in [0.1, 0.15) is 0 Å². The molecule has 3 aromatic rings. The van der Waals surface area contributed by atoms with Crippen molar-refractivity contribution in [1.29, 1.82) is 0 Å². The van der Waals surface area contributed by atoms with Crippen LogP contribution in [0.1, 0.15) is 5.56 Å². The Morgan fingerprint density at radius 3 is 2.83 bits per heavy atom. The lowest BCUT2D eigenvalue weighted by molar-refractivity contribution is 1.12. The van der Waals surface area contributed by atoms with E-state index in [4.69, 9.17) is 0 Å². The molecule has 2 N–H and O–H groups in total. The van der Waals surface area contributed by atoms with Gasteiger partial charge in [0, 0.05) is 15.5 Å². The summed E-state index contributed by atoms with van der Waals surface area (Å²) in [6.45, 7) is 2.07. The van der Waals surface area contributed by atoms with Crippen molar-refractivity contribution >= 4 is 38.3 Å². The molecule has 0 saturated carbocycles. The fraction of sp³-hybridized carbons (Fsp3) is 0.0714. The number of benzene rings is 2. The van der Waals surface area contributed by atoms with Crippen molar-refractivity contribution in [2.24, 2.45) is 0 Å². The summed E-state index contributed by atoms with van der Waals surface area (Å²) in [6.07, 6.45) is 0. The maximum absolute atomic E-state index is 4.31. The van der Waals surface area contributed by atoms with Crippen molar-refractivity contribution in [3.05, 3.63) is 52.5 Å². The van der Waals surface area contributed by atoms with E-state index in [9.17, 15) is 0 Å². The van der Waals surface area contributed by atoms with Crippen molar-refractivity contribution in [2.45, 2.75) is 6.92 Å². The summed E-state index contributed by atoms with van der Waals surface area (Å²) in [4.78, 5) is 0. The largest absolute Gasteiger partial charge is 0.338 e. The number of hydrogen-bond acceptors (Lipinski definition) is 2. The maximum atomic E-state index is 4.31. The molecular weight excluding hydrogens is 290 g/mol. The average molecular weight is 302 g/mol. The van der Waals surface area contributed by atoms with Gasteiger partial charge in [-0.15, -0.1) is 0 Å². The molecular formula is C14H12BrN3. The minimum atomic E-state index is 0.854. The predicted octanol–water partition coefficient (Wildman–Crippen LogP) is 4.38. The number of halogens is 1. The Morgan fingerprint density at radius 2 is 1.94 bits per heavy atom. The third-order valence-corrected chi connectivity index (χ3v) is 3.85. The van der Waals surface area contributed by atoms with Gasteiger partial charge >= 0.3 is 0 Å². The smallest absolute Gasteiger partial charge is 0.160 e. The van der Waals surface area contributed by atoms with Crippen LogP contribution in [-0.2, 0) is 0 Å². The Balaban J connectivity index is 2.04. The number of nitrogens with one attached hydrogen (secondary N) is 2. The number of aromatic nitrogens is 2. The van der Waals surface area contributed by atoms with Gasteiger partial charge < -0.3 is 5.32 Å². The highest BCUT2D eigenvalue weighted by Crippen LogP contribution is 2.28. The maximum Gasteiger partial charge on any atom is 0.160 e. The molecule has 90 valence electrons. The first-order valence-electron chi connectivity index (χ1n) is 5.71. The summed E-state index contributed by atoms with van der Waals surface area (Å²) in [6, 6.07) is 14.2. The lowest BCUT2D eigenvalue weighted by atomic mass is 10.2. The number of para-hydroxylation sites is 1. The second-order valence-electron chi connectivity index (χ2n) is 4.16. The Hall–Kier alpha value is -1.81. The fourth-order valence-corrected chi connectivity index (χ4v) is 2.30. The van der Waals surface area contributed by atoms with Crippen LogP contribution in [-0.4, -0.2) is 10.2 Å². The highest BCUT2D eigenvalue weighted by atomic mass is 79.9. The van der Waals surface area contributed by atoms with E-state index < -0.39 is 0 Å². The first-order valence-corrected chi connectivity index (χ1v) is 6.50. The van der Waals surface area contributed by atoms with Gasteiger partial charge in [0.2, 0.25) is 0 Å². The van der Waals surface area contributed by atoms with E-state index >= 15 is 0 Å². The van der Waals surface area contributed by atoms with Crippen LogP contribution in [0, 0.1) is 6.92 Å². The van der Waals surface area contributed by atoms with Gasteiger partial charge in [0.15, 0.2) is 5.82 Å². The van der Waals surface area contributed by atoms with Gasteiger partial charge in [-0.1, -0.05) is 34.1 Å². The predicted molar refractivity (Wildman–Crippen MR) is 78.3 cm³/mol. The normalized spacial score (nSPS) is 10.8. The van der Waals surface area contributed by atoms with Crippen LogP contribution < -0.4 is 5.32 Å². The van der Waals surface area contributed by atoms with Crippen molar-refractivity contribution in [3.8, 4) is 0 Å². The molecule has 0 unspecified atom stereocenters. The molecule has 3 rings (SSSR count). The van der Waals surface area contributed by atoms with Gasteiger partial charge in [-0.25, -0.2) is 0 Å². The summed E-state index contributed by atoms with van der Waals surface area (Å²) >= 11 is 3.53. The van der Waals surface area contributed by atoms with Crippen molar-refractivity contribution in [2.75, 3.05) is 5.32 Å². The first-order chi connectivity index (χ1) is 8.75. The highest BCUT2D eigenvalue weighted by molar-refractivity contribution is 9.10. The minimum absolute atomic E-state index is 0.854. The van der Waals surface area contributed by atoms with Crippen molar-refractivity contribution < 1.29 is 0 Å². The van der Waals surface area contributed by atoms with Crippen LogP contribution in [0.4, 0.5) is 11.5 Å². The Bertz CT molecular complexity index is 703. The number of aromatic amines is 1. The summed E-state index contributed by atoms with van der Waals surface area (Å²) < 4.78 is 1.09. The van der Waals surface area contributed by atoms with Crippen LogP contribution in [0.5, 0.6) is 0 Å². The van der Waals surface area contributed by atoms with E-state index in [0.717, 1.165) is 26.9 Å². The summed E-state index contributed by atoms with van der Waals surface area (Å²) in [5, 5.41) is 11.8. The molecule has 0 amide bonds. The number of H-pyrrole nitrogens is 1. The molecule has 0 fully saturated rings. The van der Waals surface area contributed by atoms with Crippen LogP contribution >= 0.6 is 15.9 Å². The van der Waals surface area contributed by atoms with E-state index in [2.05, 4.69) is 44.4 Å². The summed E-state index contributed by atoms with van der Waals surface area (Å²) in [5.41, 5.74) is 3.26. The van der Waals surface area contributed by atoms with Crippen LogP contribution in [0.25, 0.3) is 10.9 Å². The third-order valence-electron chi connectivity index (χ3n) is 2.99. The van der Waals surface area contributed by atoms with E-state index in [1.54, 1.807) is 0 Å². The molecule has 0 atom stereocenters. The third kappa shape index (κ3) is 1.88. The monoisotopic (exact) mass is 301 g/mol. The number of nitrogens with zero attached hydrogens (tertiary/aromatic N) is 1. The molecule has 1 aromatic heterocycles. The average Bonchev–Trinajstić information content (AvgIpc) is 2.79. The molecule has 0 spiro atoms. The molecule has 0 radical (unpaired) electrons.